The van der Waals surface area contributed by atoms with E-state index < -0.39 is 27.2 Å². The number of hydrogen-bond donors (Lipinski definition) is 1. The molecular weight excluding hydrogens is 421 g/mol. The van der Waals surface area contributed by atoms with Crippen molar-refractivity contribution in [2.24, 2.45) is 0 Å². The zero-order chi connectivity index (χ0) is 7.71. The van der Waals surface area contributed by atoms with Crippen LogP contribution in [0.4, 0.5) is 0 Å². The summed E-state index contributed by atoms with van der Waals surface area (Å²) in [5.41, 5.74) is 0. The predicted octanol–water partition coefficient (Wildman–Crippen LogP) is -11.3. The minimum absolute atomic E-state index is 0. The molecular formula is HCr2IK2O7. The summed E-state index contributed by atoms with van der Waals surface area (Å²) in [4.78, 5) is 0. The van der Waals surface area contributed by atoms with Gasteiger partial charge in [-0.3, -0.25) is 0 Å². The Morgan fingerprint density at radius 3 is 1.33 bits per heavy atom. The van der Waals surface area contributed by atoms with E-state index in [0.29, 0.717) is 0 Å². The van der Waals surface area contributed by atoms with Crippen LogP contribution in [0.15, 0.2) is 0 Å². The quantitative estimate of drug-likeness (QED) is 0.347. The van der Waals surface area contributed by atoms with Crippen molar-refractivity contribution in [1.82, 2.24) is 0 Å². The molecule has 0 radical (unpaired) electrons. The fraction of sp³-hybridized carbons (Fsp3) is 0. The summed E-state index contributed by atoms with van der Waals surface area (Å²) in [6.07, 6.45) is 0. The van der Waals surface area contributed by atoms with Crippen molar-refractivity contribution in [3.8, 4) is 0 Å². The third kappa shape index (κ3) is 23.7. The summed E-state index contributed by atoms with van der Waals surface area (Å²) in [7, 11) is 0. The standard InChI is InChI=1S/2Cr.HI.2K.H2O.6O/h;;1H;;;1H2;;;;;;/q;+1;;2*+1;;;;;;;-1/p-2. The second-order valence-electron chi connectivity index (χ2n) is 0.904. The Bertz CT molecular complexity index is 245. The molecule has 0 aliphatic heterocycles. The van der Waals surface area contributed by atoms with Gasteiger partial charge < -0.3 is 24.0 Å². The van der Waals surface area contributed by atoms with Crippen LogP contribution in [0.2, 0.25) is 0 Å². The van der Waals surface area contributed by atoms with Crippen LogP contribution in [0.25, 0.3) is 0 Å². The maximum atomic E-state index is 9.49. The van der Waals surface area contributed by atoms with Crippen LogP contribution in [-0.4, -0.2) is 4.16 Å². The van der Waals surface area contributed by atoms with Gasteiger partial charge in [0.2, 0.25) is 0 Å². The molecule has 0 atom stereocenters. The first-order chi connectivity index (χ1) is 3.71. The molecule has 0 rings (SSSR count). The van der Waals surface area contributed by atoms with Gasteiger partial charge in [-0.15, -0.1) is 0 Å². The SMILES string of the molecule is [I-].[K+].[K+].[O]=[Cr](=[O])([O-])[O][Cr](=[O])(=[O])[OH]. The average molecular weight is 422 g/mol. The Kier molecular flexibility index (Phi) is 21.6. The molecule has 0 aromatic heterocycles. The Hall–Kier alpha value is 4.15. The zero-order valence-electron chi connectivity index (χ0n) is 6.09. The monoisotopic (exact) mass is 422 g/mol. The molecule has 0 heterocycles. The molecule has 0 amide bonds. The molecule has 12 heteroatoms. The van der Waals surface area contributed by atoms with Gasteiger partial charge in [0.25, 0.3) is 0 Å². The van der Waals surface area contributed by atoms with Crippen LogP contribution in [0.3, 0.4) is 0 Å². The van der Waals surface area contributed by atoms with Crippen molar-refractivity contribution in [3.05, 3.63) is 0 Å². The summed E-state index contributed by atoms with van der Waals surface area (Å²) < 4.78 is 57.6. The van der Waals surface area contributed by atoms with E-state index >= 15 is 0 Å². The van der Waals surface area contributed by atoms with Gasteiger partial charge in [-0.05, 0) is 0 Å². The molecule has 0 aliphatic carbocycles. The molecule has 0 aliphatic rings. The number of hydrogen-bond acceptors (Lipinski definition) is 6. The molecule has 7 nitrogen and oxygen atoms in total. The van der Waals surface area contributed by atoms with Crippen molar-refractivity contribution < 1.29 is 180 Å². The molecule has 0 bridgehead atoms. The predicted molar refractivity (Wildman–Crippen MR) is 6.05 cm³/mol. The fourth-order valence-corrected chi connectivity index (χ4v) is 1.79. The van der Waals surface area contributed by atoms with Crippen molar-refractivity contribution in [2.45, 2.75) is 0 Å². The van der Waals surface area contributed by atoms with Gasteiger partial charge in [0, 0.05) is 0 Å². The van der Waals surface area contributed by atoms with Gasteiger partial charge in [-0.25, -0.2) is 0 Å². The van der Waals surface area contributed by atoms with E-state index in [4.69, 9.17) is 4.16 Å². The Balaban J connectivity index is -0.000000107. The second-order valence-corrected chi connectivity index (χ2v) is 4.60. The summed E-state index contributed by atoms with van der Waals surface area (Å²) in [6.45, 7) is 0. The molecule has 64 valence electrons. The zero-order valence-corrected chi connectivity index (χ0v) is 17.0. The first-order valence-electron chi connectivity index (χ1n) is 1.35. The summed E-state index contributed by atoms with van der Waals surface area (Å²) in [5, 5.41) is 0. The minimum atomic E-state index is -6.01. The van der Waals surface area contributed by atoms with Crippen LogP contribution < -0.4 is 131 Å². The summed E-state index contributed by atoms with van der Waals surface area (Å²) >= 11 is -11.8. The van der Waals surface area contributed by atoms with E-state index in [0.717, 1.165) is 0 Å². The van der Waals surface area contributed by atoms with Gasteiger partial charge in [0.1, 0.15) is 0 Å². The Labute approximate surface area is 175 Å². The van der Waals surface area contributed by atoms with Crippen molar-refractivity contribution in [2.75, 3.05) is 0 Å². The molecule has 0 saturated carbocycles. The van der Waals surface area contributed by atoms with E-state index in [1.165, 1.54) is 0 Å². The molecule has 0 aromatic rings. The summed E-state index contributed by atoms with van der Waals surface area (Å²) in [6, 6.07) is 0. The average Bonchev–Trinajstić information content (AvgIpc) is 1.14. The molecule has 0 unspecified atom stereocenters. The molecule has 12 heavy (non-hydrogen) atoms. The van der Waals surface area contributed by atoms with Crippen LogP contribution in [0.1, 0.15) is 0 Å². The van der Waals surface area contributed by atoms with Crippen molar-refractivity contribution >= 4 is 0 Å². The topological polar surface area (TPSA) is 121 Å². The fourth-order valence-electron chi connectivity index (χ4n) is 0.105. The number of halogens is 1. The van der Waals surface area contributed by atoms with Gasteiger partial charge in [-0.2, -0.15) is 0 Å². The molecule has 0 fully saturated rings. The Morgan fingerprint density at radius 1 is 1.08 bits per heavy atom. The first-order valence-corrected chi connectivity index (χ1v) is 5.56. The van der Waals surface area contributed by atoms with E-state index in [2.05, 4.69) is 2.84 Å². The normalized spacial score (nSPS) is 10.2. The van der Waals surface area contributed by atoms with E-state index in [1.807, 2.05) is 0 Å². The molecule has 1 N–H and O–H groups in total. The molecule has 0 spiro atoms. The van der Waals surface area contributed by atoms with Crippen molar-refractivity contribution in [3.63, 3.8) is 0 Å². The van der Waals surface area contributed by atoms with Crippen LogP contribution in [0, 0.1) is 0 Å². The van der Waals surface area contributed by atoms with Crippen LogP contribution >= 0.6 is 0 Å². The maximum absolute atomic E-state index is 9.49. The number of rotatable bonds is 2. The molecule has 0 saturated heterocycles. The summed E-state index contributed by atoms with van der Waals surface area (Å²) in [5.74, 6) is 0. The third-order valence-corrected chi connectivity index (χ3v) is 2.88. The first kappa shape index (κ1) is 25.1. The van der Waals surface area contributed by atoms with E-state index in [9.17, 15) is 19.4 Å². The van der Waals surface area contributed by atoms with E-state index in [-0.39, 0.29) is 127 Å². The van der Waals surface area contributed by atoms with Gasteiger partial charge in [0.15, 0.2) is 0 Å². The van der Waals surface area contributed by atoms with Gasteiger partial charge in [0.05, 0.1) is 0 Å². The van der Waals surface area contributed by atoms with Crippen molar-refractivity contribution in [1.29, 1.82) is 0 Å². The Morgan fingerprint density at radius 2 is 1.33 bits per heavy atom. The van der Waals surface area contributed by atoms with Crippen LogP contribution in [-0.2, 0) is 45.3 Å². The molecule has 0 aromatic carbocycles. The van der Waals surface area contributed by atoms with Gasteiger partial charge >= 0.3 is 156 Å². The second kappa shape index (κ2) is 10.3. The third-order valence-electron chi connectivity index (χ3n) is 0.169. The van der Waals surface area contributed by atoms with Gasteiger partial charge in [-0.1, -0.05) is 0 Å². The van der Waals surface area contributed by atoms with E-state index in [1.54, 1.807) is 0 Å². The van der Waals surface area contributed by atoms with Crippen LogP contribution in [0.5, 0.6) is 0 Å².